The van der Waals surface area contributed by atoms with E-state index in [0.717, 1.165) is 23.3 Å². The van der Waals surface area contributed by atoms with Crippen LogP contribution in [0.25, 0.3) is 6.08 Å². The van der Waals surface area contributed by atoms with Crippen molar-refractivity contribution < 1.29 is 18.7 Å². The number of amides is 2. The zero-order valence-electron chi connectivity index (χ0n) is 14.0. The van der Waals surface area contributed by atoms with E-state index in [-0.39, 0.29) is 11.8 Å². The van der Waals surface area contributed by atoms with Crippen LogP contribution in [-0.4, -0.2) is 24.5 Å². The molecular formula is C19H20N2O4. The second-order valence-corrected chi connectivity index (χ2v) is 5.83. The Bertz CT molecular complexity index is 781. The van der Waals surface area contributed by atoms with Crippen LogP contribution in [0.4, 0.5) is 0 Å². The SMILES string of the molecule is C[C@@H](NC(=O)/C=C/c1ccc2c(c1)CCO2)C(=O)NCc1ccco1. The topological polar surface area (TPSA) is 80.6 Å². The van der Waals surface area contributed by atoms with E-state index in [4.69, 9.17) is 9.15 Å². The van der Waals surface area contributed by atoms with Crippen LogP contribution in [0.3, 0.4) is 0 Å². The van der Waals surface area contributed by atoms with E-state index in [1.54, 1.807) is 31.4 Å². The summed E-state index contributed by atoms with van der Waals surface area (Å²) in [4.78, 5) is 23.9. The third kappa shape index (κ3) is 4.50. The van der Waals surface area contributed by atoms with Crippen molar-refractivity contribution >= 4 is 17.9 Å². The number of carbonyl (C=O) groups excluding carboxylic acids is 2. The van der Waals surface area contributed by atoms with Crippen molar-refractivity contribution in [3.8, 4) is 5.75 Å². The molecule has 6 nitrogen and oxygen atoms in total. The first-order valence-corrected chi connectivity index (χ1v) is 8.16. The number of fused-ring (bicyclic) bond motifs is 1. The van der Waals surface area contributed by atoms with Gasteiger partial charge in [0.05, 0.1) is 19.4 Å². The molecule has 1 aliphatic rings. The van der Waals surface area contributed by atoms with Crippen molar-refractivity contribution in [3.05, 3.63) is 59.6 Å². The van der Waals surface area contributed by atoms with Crippen molar-refractivity contribution in [2.45, 2.75) is 25.9 Å². The third-order valence-corrected chi connectivity index (χ3v) is 3.91. The standard InChI is InChI=1S/C19H20N2O4/c1-13(19(23)20-12-16-3-2-9-24-16)21-18(22)7-5-14-4-6-17-15(11-14)8-10-25-17/h2-7,9,11,13H,8,10,12H2,1H3,(H,20,23)(H,21,22)/b7-5+/t13-/m1/s1. The Morgan fingerprint density at radius 1 is 1.32 bits per heavy atom. The Kier molecular flexibility index (Phi) is 5.18. The van der Waals surface area contributed by atoms with Gasteiger partial charge < -0.3 is 19.8 Å². The lowest BCUT2D eigenvalue weighted by atomic mass is 10.1. The first-order chi connectivity index (χ1) is 12.1. The van der Waals surface area contributed by atoms with E-state index in [2.05, 4.69) is 10.6 Å². The molecule has 2 N–H and O–H groups in total. The predicted octanol–water partition coefficient (Wildman–Crippen LogP) is 2.05. The van der Waals surface area contributed by atoms with Crippen LogP contribution in [0.15, 0.2) is 47.1 Å². The second-order valence-electron chi connectivity index (χ2n) is 5.83. The summed E-state index contributed by atoms with van der Waals surface area (Å²) in [5.41, 5.74) is 2.07. The lowest BCUT2D eigenvalue weighted by molar-refractivity contribution is -0.126. The number of hydrogen-bond donors (Lipinski definition) is 2. The molecule has 1 atom stereocenters. The highest BCUT2D eigenvalue weighted by Crippen LogP contribution is 2.26. The first kappa shape index (κ1) is 16.8. The molecule has 0 saturated heterocycles. The molecule has 0 bridgehead atoms. The summed E-state index contributed by atoms with van der Waals surface area (Å²) in [6.07, 6.45) is 5.58. The number of furan rings is 1. The van der Waals surface area contributed by atoms with Gasteiger partial charge in [0.25, 0.3) is 0 Å². The molecule has 3 rings (SSSR count). The predicted molar refractivity (Wildman–Crippen MR) is 92.8 cm³/mol. The minimum absolute atomic E-state index is 0.271. The van der Waals surface area contributed by atoms with Crippen molar-refractivity contribution in [3.63, 3.8) is 0 Å². The van der Waals surface area contributed by atoms with E-state index in [9.17, 15) is 9.59 Å². The summed E-state index contributed by atoms with van der Waals surface area (Å²) < 4.78 is 10.6. The molecule has 2 heterocycles. The van der Waals surface area contributed by atoms with Crippen LogP contribution in [0.5, 0.6) is 5.75 Å². The van der Waals surface area contributed by atoms with Crippen molar-refractivity contribution in [1.82, 2.24) is 10.6 Å². The summed E-state index contributed by atoms with van der Waals surface area (Å²) >= 11 is 0. The van der Waals surface area contributed by atoms with Gasteiger partial charge in [-0.1, -0.05) is 6.07 Å². The Hall–Kier alpha value is -3.02. The fourth-order valence-electron chi connectivity index (χ4n) is 2.55. The van der Waals surface area contributed by atoms with E-state index in [1.165, 1.54) is 6.08 Å². The number of benzene rings is 1. The maximum Gasteiger partial charge on any atom is 0.244 e. The minimum atomic E-state index is -0.638. The van der Waals surface area contributed by atoms with Gasteiger partial charge in [-0.25, -0.2) is 0 Å². The van der Waals surface area contributed by atoms with Gasteiger partial charge in [-0.3, -0.25) is 9.59 Å². The Morgan fingerprint density at radius 3 is 3.00 bits per heavy atom. The number of ether oxygens (including phenoxy) is 1. The minimum Gasteiger partial charge on any atom is -0.493 e. The number of nitrogens with one attached hydrogen (secondary N) is 2. The van der Waals surface area contributed by atoms with Crippen molar-refractivity contribution in [2.75, 3.05) is 6.61 Å². The van der Waals surface area contributed by atoms with Crippen LogP contribution in [0.2, 0.25) is 0 Å². The van der Waals surface area contributed by atoms with Crippen molar-refractivity contribution in [2.24, 2.45) is 0 Å². The summed E-state index contributed by atoms with van der Waals surface area (Å²) in [5.74, 6) is 0.973. The monoisotopic (exact) mass is 340 g/mol. The van der Waals surface area contributed by atoms with Crippen LogP contribution in [-0.2, 0) is 22.6 Å². The average Bonchev–Trinajstić information content (AvgIpc) is 3.28. The molecule has 2 amide bonds. The van der Waals surface area contributed by atoms with Crippen LogP contribution in [0, 0.1) is 0 Å². The molecule has 130 valence electrons. The zero-order chi connectivity index (χ0) is 17.6. The summed E-state index contributed by atoms with van der Waals surface area (Å²) in [7, 11) is 0. The molecule has 0 spiro atoms. The molecule has 0 radical (unpaired) electrons. The average molecular weight is 340 g/mol. The lowest BCUT2D eigenvalue weighted by Gasteiger charge is -2.12. The van der Waals surface area contributed by atoms with E-state index < -0.39 is 6.04 Å². The molecular weight excluding hydrogens is 320 g/mol. The molecule has 25 heavy (non-hydrogen) atoms. The van der Waals surface area contributed by atoms with Gasteiger partial charge in [0.1, 0.15) is 17.6 Å². The number of rotatable bonds is 6. The fourth-order valence-corrected chi connectivity index (χ4v) is 2.55. The Morgan fingerprint density at radius 2 is 2.20 bits per heavy atom. The third-order valence-electron chi connectivity index (χ3n) is 3.91. The van der Waals surface area contributed by atoms with Crippen molar-refractivity contribution in [1.29, 1.82) is 0 Å². The van der Waals surface area contributed by atoms with Gasteiger partial charge in [0, 0.05) is 12.5 Å². The lowest BCUT2D eigenvalue weighted by Crippen LogP contribution is -2.44. The molecule has 0 fully saturated rings. The molecule has 0 saturated carbocycles. The maximum atomic E-state index is 12.0. The molecule has 0 aliphatic carbocycles. The zero-order valence-corrected chi connectivity index (χ0v) is 14.0. The first-order valence-electron chi connectivity index (χ1n) is 8.16. The normalized spacial score (nSPS) is 14.0. The van der Waals surface area contributed by atoms with Gasteiger partial charge in [0.2, 0.25) is 11.8 Å². The molecule has 2 aromatic rings. The summed E-state index contributed by atoms with van der Waals surface area (Å²) in [6, 6.07) is 8.70. The van der Waals surface area contributed by atoms with E-state index in [1.807, 2.05) is 18.2 Å². The molecule has 0 unspecified atom stereocenters. The van der Waals surface area contributed by atoms with Crippen LogP contribution >= 0.6 is 0 Å². The molecule has 1 aliphatic heterocycles. The largest absolute Gasteiger partial charge is 0.493 e. The molecule has 1 aromatic carbocycles. The maximum absolute atomic E-state index is 12.0. The fraction of sp³-hybridized carbons (Fsp3) is 0.263. The van der Waals surface area contributed by atoms with E-state index >= 15 is 0 Å². The highest BCUT2D eigenvalue weighted by atomic mass is 16.5. The summed E-state index contributed by atoms with van der Waals surface area (Å²) in [6.45, 7) is 2.63. The second kappa shape index (κ2) is 7.70. The van der Waals surface area contributed by atoms with Gasteiger partial charge >= 0.3 is 0 Å². The van der Waals surface area contributed by atoms with Gasteiger partial charge in [-0.2, -0.15) is 0 Å². The smallest absolute Gasteiger partial charge is 0.244 e. The molecule has 6 heteroatoms. The number of hydrogen-bond acceptors (Lipinski definition) is 4. The quantitative estimate of drug-likeness (QED) is 0.789. The highest BCUT2D eigenvalue weighted by molar-refractivity contribution is 5.95. The van der Waals surface area contributed by atoms with E-state index in [0.29, 0.717) is 18.9 Å². The van der Waals surface area contributed by atoms with Gasteiger partial charge in [-0.15, -0.1) is 0 Å². The van der Waals surface area contributed by atoms with Crippen LogP contribution < -0.4 is 15.4 Å². The highest BCUT2D eigenvalue weighted by Gasteiger charge is 2.14. The summed E-state index contributed by atoms with van der Waals surface area (Å²) in [5, 5.41) is 5.35. The molecule has 1 aromatic heterocycles. The van der Waals surface area contributed by atoms with Gasteiger partial charge in [-0.05, 0) is 48.4 Å². The Balaban J connectivity index is 1.48. The van der Waals surface area contributed by atoms with Gasteiger partial charge in [0.15, 0.2) is 0 Å². The van der Waals surface area contributed by atoms with Crippen LogP contribution in [0.1, 0.15) is 23.8 Å². The Labute approximate surface area is 145 Å². The number of carbonyl (C=O) groups is 2.